The zero-order valence-electron chi connectivity index (χ0n) is 28.5. The smallest absolute Gasteiger partial charge is 0.235 e. The van der Waals surface area contributed by atoms with E-state index in [1.54, 1.807) is 0 Å². The van der Waals surface area contributed by atoms with Gasteiger partial charge in [0.1, 0.15) is 0 Å². The molecule has 0 N–H and O–H groups in total. The molecule has 0 saturated carbocycles. The largest absolute Gasteiger partial charge is 0.309 e. The van der Waals surface area contributed by atoms with Gasteiger partial charge < -0.3 is 4.57 Å². The molecule has 0 fully saturated rings. The minimum atomic E-state index is 0.498. The van der Waals surface area contributed by atoms with Gasteiger partial charge in [-0.25, -0.2) is 9.97 Å². The zero-order valence-corrected chi connectivity index (χ0v) is 29.3. The van der Waals surface area contributed by atoms with Gasteiger partial charge in [0.25, 0.3) is 0 Å². The molecule has 0 saturated heterocycles. The summed E-state index contributed by atoms with van der Waals surface area (Å²) >= 11 is 1.92. The highest BCUT2D eigenvalue weighted by atomic mass is 32.1. The molecule has 1 unspecified atom stereocenters. The average molecular weight is 685 g/mol. The van der Waals surface area contributed by atoms with Crippen LogP contribution in [0.3, 0.4) is 0 Å². The van der Waals surface area contributed by atoms with Crippen LogP contribution in [-0.4, -0.2) is 19.1 Å². The monoisotopic (exact) mass is 684 g/mol. The quantitative estimate of drug-likeness (QED) is 0.185. The van der Waals surface area contributed by atoms with Crippen molar-refractivity contribution in [2.24, 2.45) is 0 Å². The fourth-order valence-electron chi connectivity index (χ4n) is 8.47. The Labute approximate surface area is 304 Å². The first-order valence-corrected chi connectivity index (χ1v) is 18.7. The van der Waals surface area contributed by atoms with Crippen molar-refractivity contribution in [3.05, 3.63) is 162 Å². The molecule has 1 aliphatic carbocycles. The highest BCUT2D eigenvalue weighted by molar-refractivity contribution is 7.21. The minimum Gasteiger partial charge on any atom is -0.309 e. The third-order valence-electron chi connectivity index (χ3n) is 10.8. The van der Waals surface area contributed by atoms with Crippen LogP contribution < -0.4 is 0 Å². The van der Waals surface area contributed by atoms with Gasteiger partial charge >= 0.3 is 0 Å². The average Bonchev–Trinajstić information content (AvgIpc) is 3.86. The number of allylic oxidation sites excluding steroid dienone is 1. The maximum absolute atomic E-state index is 5.31. The third kappa shape index (κ3) is 4.33. The van der Waals surface area contributed by atoms with E-state index in [0.29, 0.717) is 11.9 Å². The molecule has 1 atom stereocenters. The minimum absolute atomic E-state index is 0.498. The van der Waals surface area contributed by atoms with Gasteiger partial charge in [-0.15, -0.1) is 11.3 Å². The number of aromatic nitrogens is 4. The summed E-state index contributed by atoms with van der Waals surface area (Å²) in [5.41, 5.74) is 11.5. The number of rotatable bonds is 4. The van der Waals surface area contributed by atoms with Crippen molar-refractivity contribution in [3.8, 4) is 34.0 Å². The lowest BCUT2D eigenvalue weighted by Crippen LogP contribution is -2.02. The highest BCUT2D eigenvalue weighted by Gasteiger charge is 2.24. The zero-order chi connectivity index (χ0) is 34.3. The van der Waals surface area contributed by atoms with Crippen molar-refractivity contribution in [2.75, 3.05) is 0 Å². The van der Waals surface area contributed by atoms with Crippen molar-refractivity contribution in [3.63, 3.8) is 0 Å². The molecular weight excluding hydrogens is 653 g/mol. The number of hydrogen-bond donors (Lipinski definition) is 0. The SMILES string of the molecule is CC1CC=Cc2sc3c(ccc4c3c3cc(-c5ccccc5)ccc3n4-c3nccc(-c4cccc(-n5c6ccccc6c6ccccc65)c4)n3)c21. The second kappa shape index (κ2) is 11.4. The van der Waals surface area contributed by atoms with Crippen LogP contribution in [0.1, 0.15) is 29.7 Å². The first-order chi connectivity index (χ1) is 25.7. The van der Waals surface area contributed by atoms with Crippen LogP contribution in [0.2, 0.25) is 0 Å². The molecule has 4 heterocycles. The van der Waals surface area contributed by atoms with Crippen LogP contribution in [-0.2, 0) is 0 Å². The Morgan fingerprint density at radius 2 is 1.33 bits per heavy atom. The van der Waals surface area contributed by atoms with Gasteiger partial charge in [-0.1, -0.05) is 104 Å². The van der Waals surface area contributed by atoms with Crippen LogP contribution >= 0.6 is 11.3 Å². The van der Waals surface area contributed by atoms with Crippen LogP contribution in [0.4, 0.5) is 0 Å². The second-order valence-corrected chi connectivity index (χ2v) is 14.9. The van der Waals surface area contributed by atoms with E-state index < -0.39 is 0 Å². The van der Waals surface area contributed by atoms with Gasteiger partial charge in [0, 0.05) is 48.6 Å². The van der Waals surface area contributed by atoms with E-state index in [0.717, 1.165) is 34.4 Å². The van der Waals surface area contributed by atoms with Gasteiger partial charge in [0.05, 0.1) is 27.8 Å². The summed E-state index contributed by atoms with van der Waals surface area (Å²) < 4.78 is 5.96. The molecule has 11 rings (SSSR count). The molecular formula is C47H32N4S. The number of para-hydroxylation sites is 2. The van der Waals surface area contributed by atoms with E-state index in [2.05, 4.69) is 162 Å². The Kier molecular flexibility index (Phi) is 6.43. The molecule has 0 spiro atoms. The van der Waals surface area contributed by atoms with E-state index in [-0.39, 0.29) is 0 Å². The summed E-state index contributed by atoms with van der Waals surface area (Å²) in [5.74, 6) is 1.17. The first-order valence-electron chi connectivity index (χ1n) is 17.9. The van der Waals surface area contributed by atoms with Crippen LogP contribution in [0, 0.1) is 0 Å². The Morgan fingerprint density at radius 1 is 0.596 bits per heavy atom. The number of fused-ring (bicyclic) bond motifs is 10. The number of benzene rings is 6. The predicted molar refractivity (Wildman–Crippen MR) is 219 cm³/mol. The molecule has 0 radical (unpaired) electrons. The van der Waals surface area contributed by atoms with Crippen LogP contribution in [0.25, 0.3) is 93.8 Å². The fourth-order valence-corrected chi connectivity index (χ4v) is 9.88. The van der Waals surface area contributed by atoms with Gasteiger partial charge in [0.15, 0.2) is 0 Å². The number of nitrogens with zero attached hydrogens (tertiary/aromatic N) is 4. The van der Waals surface area contributed by atoms with E-state index in [9.17, 15) is 0 Å². The molecule has 4 aromatic heterocycles. The van der Waals surface area contributed by atoms with Gasteiger partial charge in [-0.2, -0.15) is 0 Å². The van der Waals surface area contributed by atoms with Crippen molar-refractivity contribution in [1.82, 2.24) is 19.1 Å². The molecule has 1 aliphatic rings. The molecule has 0 aliphatic heterocycles. The van der Waals surface area contributed by atoms with Crippen LogP contribution in [0.5, 0.6) is 0 Å². The molecule has 10 aromatic rings. The van der Waals surface area contributed by atoms with Crippen LogP contribution in [0.15, 0.2) is 152 Å². The summed E-state index contributed by atoms with van der Waals surface area (Å²) in [7, 11) is 0. The van der Waals surface area contributed by atoms with Gasteiger partial charge in [-0.05, 0) is 89.0 Å². The summed E-state index contributed by atoms with van der Waals surface area (Å²) in [4.78, 5) is 11.6. The van der Waals surface area contributed by atoms with Crippen molar-refractivity contribution in [2.45, 2.75) is 19.3 Å². The summed E-state index contributed by atoms with van der Waals surface area (Å²) in [6.07, 6.45) is 7.62. The normalized spacial score (nSPS) is 14.3. The summed E-state index contributed by atoms with van der Waals surface area (Å²) in [6.45, 7) is 2.35. The predicted octanol–water partition coefficient (Wildman–Crippen LogP) is 12.7. The van der Waals surface area contributed by atoms with Crippen molar-refractivity contribution < 1.29 is 0 Å². The summed E-state index contributed by atoms with van der Waals surface area (Å²) in [6, 6.07) is 50.1. The van der Waals surface area contributed by atoms with E-state index >= 15 is 0 Å². The van der Waals surface area contributed by atoms with E-state index in [1.165, 1.54) is 64.2 Å². The number of hydrogen-bond acceptors (Lipinski definition) is 3. The molecule has 246 valence electrons. The molecule has 5 heteroatoms. The maximum Gasteiger partial charge on any atom is 0.235 e. The lowest BCUT2D eigenvalue weighted by molar-refractivity contribution is 0.783. The first kappa shape index (κ1) is 29.4. The van der Waals surface area contributed by atoms with Gasteiger partial charge in [0.2, 0.25) is 5.95 Å². The maximum atomic E-state index is 5.31. The standard InChI is InChI=1S/C47H32N4S/c1-29-11-9-20-43-44(29)36-22-24-42-45(46(36)52-43)37-28-31(30-12-3-2-4-13-30)21-23-41(37)51(42)47-48-26-25-38(49-47)32-14-10-15-33(27-32)50-39-18-7-5-16-34(39)35-17-6-8-19-40(35)50/h2-10,12-29H,11H2,1H3. The van der Waals surface area contributed by atoms with E-state index in [1.807, 2.05) is 23.6 Å². The van der Waals surface area contributed by atoms with Gasteiger partial charge in [-0.3, -0.25) is 4.57 Å². The fraction of sp³-hybridized carbons (Fsp3) is 0.0638. The Balaban J connectivity index is 1.12. The Bertz CT molecular complexity index is 3020. The Hall–Kier alpha value is -6.30. The molecule has 52 heavy (non-hydrogen) atoms. The van der Waals surface area contributed by atoms with Crippen molar-refractivity contribution >= 4 is 71.1 Å². The number of thiophene rings is 1. The second-order valence-electron chi connectivity index (χ2n) is 13.9. The van der Waals surface area contributed by atoms with E-state index in [4.69, 9.17) is 9.97 Å². The lowest BCUT2D eigenvalue weighted by Gasteiger charge is -2.14. The Morgan fingerprint density at radius 3 is 2.15 bits per heavy atom. The molecule has 0 bridgehead atoms. The summed E-state index contributed by atoms with van der Waals surface area (Å²) in [5, 5.41) is 6.36. The lowest BCUT2D eigenvalue weighted by atomic mass is 9.90. The molecule has 4 nitrogen and oxygen atoms in total. The third-order valence-corrected chi connectivity index (χ3v) is 12.0. The van der Waals surface area contributed by atoms with Crippen molar-refractivity contribution in [1.29, 1.82) is 0 Å². The molecule has 6 aromatic carbocycles. The highest BCUT2D eigenvalue weighted by Crippen LogP contribution is 2.47. The topological polar surface area (TPSA) is 35.6 Å². The molecule has 0 amide bonds.